The number of hydrogen-bond donors (Lipinski definition) is 0. The van der Waals surface area contributed by atoms with Crippen LogP contribution in [0.15, 0.2) is 70.7 Å². The van der Waals surface area contributed by atoms with Crippen LogP contribution in [0.1, 0.15) is 29.3 Å². The van der Waals surface area contributed by atoms with Crippen molar-refractivity contribution >= 4 is 23.3 Å². The number of allylic oxidation sites excluding steroid dienone is 2. The van der Waals surface area contributed by atoms with E-state index in [1.807, 2.05) is 35.9 Å². The van der Waals surface area contributed by atoms with Gasteiger partial charge in [0.15, 0.2) is 17.5 Å². The molecule has 0 bridgehead atoms. The van der Waals surface area contributed by atoms with E-state index in [1.54, 1.807) is 30.6 Å². The lowest BCUT2D eigenvalue weighted by Gasteiger charge is -2.37. The number of nitrogens with zero attached hydrogens (tertiary/aromatic N) is 4. The highest BCUT2D eigenvalue weighted by Gasteiger charge is 2.34. The third-order valence-corrected chi connectivity index (χ3v) is 6.27. The van der Waals surface area contributed by atoms with Gasteiger partial charge in [-0.1, -0.05) is 17.7 Å². The SMILES string of the molecule is COc1cc(CC2=CC(Cl)=CN3C2=NC(=O)CC3c2cc(F)c(F)c(F)c2)ccc1-n1cnc(C)c1. The second kappa shape index (κ2) is 9.31. The van der Waals surface area contributed by atoms with Crippen molar-refractivity contribution < 1.29 is 22.7 Å². The fraction of sp³-hybridized carbons (Fsp3) is 0.192. The summed E-state index contributed by atoms with van der Waals surface area (Å²) in [7, 11) is 1.57. The summed E-state index contributed by atoms with van der Waals surface area (Å²) in [6.45, 7) is 1.89. The van der Waals surface area contributed by atoms with Crippen molar-refractivity contribution in [2.24, 2.45) is 4.99 Å². The van der Waals surface area contributed by atoms with Crippen molar-refractivity contribution in [3.63, 3.8) is 0 Å². The number of methoxy groups -OCH3 is 1. The van der Waals surface area contributed by atoms with Crippen LogP contribution in [0, 0.1) is 24.4 Å². The zero-order chi connectivity index (χ0) is 25.6. The first-order chi connectivity index (χ1) is 17.2. The van der Waals surface area contributed by atoms with E-state index in [1.165, 1.54) is 0 Å². The standard InChI is InChI=1S/C26H20ClF3N4O2/c1-14-11-33(13-31-14)21-4-3-15(6-23(21)36-2)5-17-7-18(27)12-34-22(10-24(35)32-26(17)34)16-8-19(28)25(30)20(29)9-16/h3-4,6-9,11-13,22H,5,10H2,1-2H3. The average molecular weight is 513 g/mol. The lowest BCUT2D eigenvalue weighted by Crippen LogP contribution is -2.39. The number of imidazole rings is 1. The summed E-state index contributed by atoms with van der Waals surface area (Å²) in [6.07, 6.45) is 7.03. The molecule has 1 unspecified atom stereocenters. The largest absolute Gasteiger partial charge is 0.495 e. The van der Waals surface area contributed by atoms with Crippen LogP contribution in [-0.4, -0.2) is 33.3 Å². The molecule has 3 aromatic rings. The van der Waals surface area contributed by atoms with Crippen LogP contribution in [0.25, 0.3) is 5.69 Å². The number of carbonyl (C=O) groups is 1. The van der Waals surface area contributed by atoms with E-state index in [9.17, 15) is 18.0 Å². The Kier molecular flexibility index (Phi) is 6.17. The van der Waals surface area contributed by atoms with Crippen LogP contribution in [-0.2, 0) is 11.2 Å². The van der Waals surface area contributed by atoms with E-state index in [0.717, 1.165) is 29.1 Å². The lowest BCUT2D eigenvalue weighted by molar-refractivity contribution is -0.119. The van der Waals surface area contributed by atoms with Crippen LogP contribution in [0.4, 0.5) is 13.2 Å². The van der Waals surface area contributed by atoms with Gasteiger partial charge in [-0.15, -0.1) is 0 Å². The molecule has 0 saturated heterocycles. The maximum atomic E-state index is 14.0. The van der Waals surface area contributed by atoms with Gasteiger partial charge in [0, 0.05) is 24.4 Å². The molecule has 2 aliphatic rings. The molecule has 5 rings (SSSR count). The van der Waals surface area contributed by atoms with Crippen LogP contribution in [0.5, 0.6) is 5.75 Å². The summed E-state index contributed by atoms with van der Waals surface area (Å²) < 4.78 is 48.9. The summed E-state index contributed by atoms with van der Waals surface area (Å²) in [5, 5.41) is 0.351. The molecule has 0 spiro atoms. The summed E-state index contributed by atoms with van der Waals surface area (Å²) in [6, 6.07) is 6.66. The summed E-state index contributed by atoms with van der Waals surface area (Å²) in [5.41, 5.74) is 3.28. The zero-order valence-corrected chi connectivity index (χ0v) is 20.1. The number of amidine groups is 1. The highest BCUT2D eigenvalue weighted by Crippen LogP contribution is 2.37. The number of aryl methyl sites for hydroxylation is 1. The van der Waals surface area contributed by atoms with Gasteiger partial charge in [0.05, 0.1) is 42.3 Å². The molecule has 1 atom stereocenters. The van der Waals surface area contributed by atoms with Crippen LogP contribution >= 0.6 is 11.6 Å². The number of aliphatic imine (C=N–C) groups is 1. The molecule has 0 radical (unpaired) electrons. The number of carbonyl (C=O) groups excluding carboxylic acids is 1. The average Bonchev–Trinajstić information content (AvgIpc) is 3.28. The molecule has 0 saturated carbocycles. The third-order valence-electron chi connectivity index (χ3n) is 6.06. The maximum Gasteiger partial charge on any atom is 0.250 e. The van der Waals surface area contributed by atoms with Crippen LogP contribution in [0.2, 0.25) is 0 Å². The predicted octanol–water partition coefficient (Wildman–Crippen LogP) is 5.54. The van der Waals surface area contributed by atoms with Gasteiger partial charge >= 0.3 is 0 Å². The Bertz CT molecular complexity index is 1450. The van der Waals surface area contributed by atoms with Gasteiger partial charge in [0.2, 0.25) is 5.91 Å². The number of amides is 1. The van der Waals surface area contributed by atoms with Crippen LogP contribution < -0.4 is 4.74 Å². The number of ether oxygens (including phenoxy) is 1. The number of fused-ring (bicyclic) bond motifs is 1. The molecule has 2 aromatic carbocycles. The second-order valence-corrected chi connectivity index (χ2v) is 8.98. The number of halogens is 4. The highest BCUT2D eigenvalue weighted by atomic mass is 35.5. The van der Waals surface area contributed by atoms with Gasteiger partial charge in [-0.25, -0.2) is 18.2 Å². The van der Waals surface area contributed by atoms with E-state index >= 15 is 0 Å². The molecule has 1 aromatic heterocycles. The van der Waals surface area contributed by atoms with Crippen molar-refractivity contribution in [1.29, 1.82) is 0 Å². The molecular formula is C26H20ClF3N4O2. The molecule has 36 heavy (non-hydrogen) atoms. The summed E-state index contributed by atoms with van der Waals surface area (Å²) in [5.74, 6) is -3.74. The fourth-order valence-corrected chi connectivity index (χ4v) is 4.65. The second-order valence-electron chi connectivity index (χ2n) is 8.54. The molecule has 0 aliphatic carbocycles. The van der Waals surface area contributed by atoms with Crippen molar-refractivity contribution in [1.82, 2.24) is 14.5 Å². The van der Waals surface area contributed by atoms with Crippen molar-refractivity contribution in [2.75, 3.05) is 7.11 Å². The normalized spacial score (nSPS) is 17.4. The molecule has 184 valence electrons. The zero-order valence-electron chi connectivity index (χ0n) is 19.3. The Balaban J connectivity index is 1.48. The van der Waals surface area contributed by atoms with E-state index in [-0.39, 0.29) is 12.0 Å². The predicted molar refractivity (Wildman–Crippen MR) is 129 cm³/mol. The van der Waals surface area contributed by atoms with Gasteiger partial charge in [0.25, 0.3) is 0 Å². The first-order valence-corrected chi connectivity index (χ1v) is 11.4. The number of rotatable bonds is 5. The van der Waals surface area contributed by atoms with E-state index < -0.39 is 29.4 Å². The van der Waals surface area contributed by atoms with E-state index in [4.69, 9.17) is 16.3 Å². The first kappa shape index (κ1) is 23.9. The Morgan fingerprint density at radius 2 is 1.92 bits per heavy atom. The third kappa shape index (κ3) is 4.42. The molecule has 2 aliphatic heterocycles. The minimum Gasteiger partial charge on any atom is -0.495 e. The number of aromatic nitrogens is 2. The van der Waals surface area contributed by atoms with E-state index in [0.29, 0.717) is 28.6 Å². The van der Waals surface area contributed by atoms with Crippen molar-refractivity contribution in [3.05, 3.63) is 100 Å². The number of hydrogen-bond acceptors (Lipinski definition) is 4. The minimum atomic E-state index is -1.56. The molecular weight excluding hydrogens is 493 g/mol. The monoisotopic (exact) mass is 512 g/mol. The van der Waals surface area contributed by atoms with Crippen molar-refractivity contribution in [3.8, 4) is 11.4 Å². The molecule has 0 fully saturated rings. The maximum absolute atomic E-state index is 14.0. The summed E-state index contributed by atoms with van der Waals surface area (Å²) in [4.78, 5) is 22.6. The Morgan fingerprint density at radius 3 is 2.58 bits per heavy atom. The van der Waals surface area contributed by atoms with Gasteiger partial charge in [0.1, 0.15) is 11.6 Å². The number of benzene rings is 2. The Hall–Kier alpha value is -3.85. The minimum absolute atomic E-state index is 0.107. The summed E-state index contributed by atoms with van der Waals surface area (Å²) >= 11 is 6.40. The van der Waals surface area contributed by atoms with Gasteiger partial charge in [-0.3, -0.25) is 4.79 Å². The molecule has 6 nitrogen and oxygen atoms in total. The highest BCUT2D eigenvalue weighted by molar-refractivity contribution is 6.32. The quantitative estimate of drug-likeness (QED) is 0.421. The molecule has 0 N–H and O–H groups in total. The lowest BCUT2D eigenvalue weighted by atomic mass is 9.94. The van der Waals surface area contributed by atoms with Crippen molar-refractivity contribution in [2.45, 2.75) is 25.8 Å². The fourth-order valence-electron chi connectivity index (χ4n) is 4.42. The topological polar surface area (TPSA) is 59.7 Å². The van der Waals surface area contributed by atoms with Gasteiger partial charge < -0.3 is 14.2 Å². The van der Waals surface area contributed by atoms with Gasteiger partial charge in [-0.05, 0) is 48.4 Å². The van der Waals surface area contributed by atoms with Gasteiger partial charge in [-0.2, -0.15) is 4.99 Å². The molecule has 1 amide bonds. The Labute approximate surface area is 210 Å². The van der Waals surface area contributed by atoms with E-state index in [2.05, 4.69) is 9.98 Å². The molecule has 10 heteroatoms. The first-order valence-electron chi connectivity index (χ1n) is 11.0. The van der Waals surface area contributed by atoms with Crippen LogP contribution in [0.3, 0.4) is 0 Å². The molecule has 3 heterocycles. The Morgan fingerprint density at radius 1 is 1.17 bits per heavy atom. The smallest absolute Gasteiger partial charge is 0.250 e.